The molecule has 1 N–H and O–H groups in total. The van der Waals surface area contributed by atoms with E-state index in [1.165, 1.54) is 0 Å². The first kappa shape index (κ1) is 12.6. The summed E-state index contributed by atoms with van der Waals surface area (Å²) in [6.07, 6.45) is 1.71. The van der Waals surface area contributed by atoms with Crippen LogP contribution in [0.3, 0.4) is 0 Å². The van der Waals surface area contributed by atoms with Crippen LogP contribution in [-0.2, 0) is 0 Å². The lowest BCUT2D eigenvalue weighted by Crippen LogP contribution is -2.19. The summed E-state index contributed by atoms with van der Waals surface area (Å²) in [6.45, 7) is 7.93. The summed E-state index contributed by atoms with van der Waals surface area (Å²) < 4.78 is 0. The van der Waals surface area contributed by atoms with Crippen molar-refractivity contribution in [3.8, 4) is 0 Å². The van der Waals surface area contributed by atoms with Crippen LogP contribution in [0.1, 0.15) is 35.5 Å². The van der Waals surface area contributed by atoms with Gasteiger partial charge in [-0.15, -0.1) is 0 Å². The van der Waals surface area contributed by atoms with Crippen LogP contribution in [-0.4, -0.2) is 17.9 Å². The molecule has 0 radical (unpaired) electrons. The molecule has 0 aliphatic heterocycles. The summed E-state index contributed by atoms with van der Waals surface area (Å²) in [5.74, 6) is -0.141. The molecule has 0 spiro atoms. The fourth-order valence-corrected chi connectivity index (χ4v) is 0.877. The molecule has 14 heavy (non-hydrogen) atoms. The van der Waals surface area contributed by atoms with E-state index in [1.54, 1.807) is 19.3 Å². The lowest BCUT2D eigenvalue weighted by Gasteiger charge is -2.01. The number of aryl methyl sites for hydroxylation is 2. The zero-order valence-corrected chi connectivity index (χ0v) is 9.51. The van der Waals surface area contributed by atoms with Crippen molar-refractivity contribution in [1.29, 1.82) is 0 Å². The standard InChI is InChI=1S/C9H12N2O.C2H6/c1-6-4-8(9(12)10-3)11-5-7(6)2;1-2/h4-5H,1-3H3,(H,10,12);1-2H3. The van der Waals surface area contributed by atoms with Crippen molar-refractivity contribution in [2.24, 2.45) is 0 Å². The molecule has 0 saturated heterocycles. The number of nitrogens with one attached hydrogen (secondary N) is 1. The average molecular weight is 194 g/mol. The van der Waals surface area contributed by atoms with Crippen LogP contribution < -0.4 is 5.32 Å². The molecule has 1 rings (SSSR count). The highest BCUT2D eigenvalue weighted by Crippen LogP contribution is 2.05. The molecule has 0 unspecified atom stereocenters. The second-order valence-corrected chi connectivity index (χ2v) is 2.73. The first-order valence-electron chi connectivity index (χ1n) is 4.80. The topological polar surface area (TPSA) is 42.0 Å². The third kappa shape index (κ3) is 3.17. The molecule has 1 aromatic rings. The first-order valence-corrected chi connectivity index (χ1v) is 4.80. The van der Waals surface area contributed by atoms with E-state index >= 15 is 0 Å². The summed E-state index contributed by atoms with van der Waals surface area (Å²) in [4.78, 5) is 15.1. The van der Waals surface area contributed by atoms with Crippen LogP contribution in [0.4, 0.5) is 0 Å². The number of rotatable bonds is 1. The van der Waals surface area contributed by atoms with Crippen molar-refractivity contribution in [3.05, 3.63) is 29.1 Å². The predicted octanol–water partition coefficient (Wildman–Crippen LogP) is 2.08. The minimum Gasteiger partial charge on any atom is -0.354 e. The Morgan fingerprint density at radius 2 is 1.86 bits per heavy atom. The number of nitrogens with zero attached hydrogens (tertiary/aromatic N) is 1. The predicted molar refractivity (Wildman–Crippen MR) is 58.4 cm³/mol. The number of pyridine rings is 1. The van der Waals surface area contributed by atoms with Crippen LogP contribution in [0.2, 0.25) is 0 Å². The number of aromatic nitrogens is 1. The fraction of sp³-hybridized carbons (Fsp3) is 0.455. The molecular weight excluding hydrogens is 176 g/mol. The molecule has 0 aliphatic rings. The van der Waals surface area contributed by atoms with E-state index in [-0.39, 0.29) is 5.91 Å². The molecule has 0 atom stereocenters. The maximum atomic E-state index is 11.1. The Hall–Kier alpha value is -1.38. The molecule has 0 aromatic carbocycles. The second kappa shape index (κ2) is 6.13. The molecule has 78 valence electrons. The normalized spacial score (nSPS) is 8.64. The Labute approximate surface area is 85.6 Å². The Morgan fingerprint density at radius 1 is 1.29 bits per heavy atom. The van der Waals surface area contributed by atoms with E-state index in [0.717, 1.165) is 11.1 Å². The van der Waals surface area contributed by atoms with Gasteiger partial charge in [0.25, 0.3) is 5.91 Å². The Balaban J connectivity index is 0.000000791. The van der Waals surface area contributed by atoms with E-state index in [2.05, 4.69) is 10.3 Å². The molecule has 0 fully saturated rings. The van der Waals surface area contributed by atoms with Crippen molar-refractivity contribution in [1.82, 2.24) is 10.3 Å². The molecule has 3 heteroatoms. The molecule has 3 nitrogen and oxygen atoms in total. The van der Waals surface area contributed by atoms with Crippen molar-refractivity contribution >= 4 is 5.91 Å². The first-order chi connectivity index (χ1) is 6.65. The quantitative estimate of drug-likeness (QED) is 0.743. The van der Waals surface area contributed by atoms with Gasteiger partial charge in [-0.3, -0.25) is 9.78 Å². The molecular formula is C11H18N2O. The minimum atomic E-state index is -0.141. The zero-order chi connectivity index (χ0) is 11.1. The van der Waals surface area contributed by atoms with E-state index in [1.807, 2.05) is 27.7 Å². The summed E-state index contributed by atoms with van der Waals surface area (Å²) in [5, 5.41) is 2.53. The van der Waals surface area contributed by atoms with Gasteiger partial charge in [-0.05, 0) is 31.0 Å². The van der Waals surface area contributed by atoms with Crippen LogP contribution in [0, 0.1) is 13.8 Å². The fourth-order valence-electron chi connectivity index (χ4n) is 0.877. The van der Waals surface area contributed by atoms with Gasteiger partial charge in [-0.25, -0.2) is 0 Å². The van der Waals surface area contributed by atoms with E-state index in [0.29, 0.717) is 5.69 Å². The molecule has 0 aliphatic carbocycles. The Bertz CT molecular complexity index is 308. The average Bonchev–Trinajstić information content (AvgIpc) is 2.24. The second-order valence-electron chi connectivity index (χ2n) is 2.73. The number of hydrogen-bond acceptors (Lipinski definition) is 2. The van der Waals surface area contributed by atoms with E-state index in [9.17, 15) is 4.79 Å². The third-order valence-corrected chi connectivity index (χ3v) is 1.83. The Morgan fingerprint density at radius 3 is 2.29 bits per heavy atom. The summed E-state index contributed by atoms with van der Waals surface area (Å²) in [6, 6.07) is 1.79. The summed E-state index contributed by atoms with van der Waals surface area (Å²) in [5.41, 5.74) is 2.66. The highest BCUT2D eigenvalue weighted by atomic mass is 16.1. The van der Waals surface area contributed by atoms with Crippen LogP contribution in [0.15, 0.2) is 12.3 Å². The number of carbonyl (C=O) groups is 1. The van der Waals surface area contributed by atoms with Gasteiger partial charge in [0, 0.05) is 13.2 Å². The van der Waals surface area contributed by atoms with Crippen LogP contribution in [0.5, 0.6) is 0 Å². The Kier molecular flexibility index (Phi) is 5.53. The van der Waals surface area contributed by atoms with Gasteiger partial charge >= 0.3 is 0 Å². The van der Waals surface area contributed by atoms with Gasteiger partial charge in [-0.1, -0.05) is 13.8 Å². The summed E-state index contributed by atoms with van der Waals surface area (Å²) >= 11 is 0. The smallest absolute Gasteiger partial charge is 0.269 e. The van der Waals surface area contributed by atoms with E-state index < -0.39 is 0 Å². The minimum absolute atomic E-state index is 0.141. The SMILES string of the molecule is CC.CNC(=O)c1cc(C)c(C)cn1. The van der Waals surface area contributed by atoms with Gasteiger partial charge in [-0.2, -0.15) is 0 Å². The zero-order valence-electron chi connectivity index (χ0n) is 9.51. The van der Waals surface area contributed by atoms with Crippen molar-refractivity contribution in [2.45, 2.75) is 27.7 Å². The third-order valence-electron chi connectivity index (χ3n) is 1.83. The molecule has 0 saturated carbocycles. The largest absolute Gasteiger partial charge is 0.354 e. The maximum absolute atomic E-state index is 11.1. The number of amides is 1. The van der Waals surface area contributed by atoms with Gasteiger partial charge in [0.2, 0.25) is 0 Å². The van der Waals surface area contributed by atoms with Gasteiger partial charge < -0.3 is 5.32 Å². The molecule has 1 heterocycles. The highest BCUT2D eigenvalue weighted by Gasteiger charge is 2.04. The van der Waals surface area contributed by atoms with Crippen molar-refractivity contribution in [3.63, 3.8) is 0 Å². The molecule has 1 aromatic heterocycles. The number of carbonyl (C=O) groups excluding carboxylic acids is 1. The van der Waals surface area contributed by atoms with Crippen molar-refractivity contribution in [2.75, 3.05) is 7.05 Å². The monoisotopic (exact) mass is 194 g/mol. The molecule has 0 bridgehead atoms. The van der Waals surface area contributed by atoms with Crippen LogP contribution >= 0.6 is 0 Å². The summed E-state index contributed by atoms with van der Waals surface area (Å²) in [7, 11) is 1.60. The van der Waals surface area contributed by atoms with Gasteiger partial charge in [0.15, 0.2) is 0 Å². The van der Waals surface area contributed by atoms with Gasteiger partial charge in [0.1, 0.15) is 5.69 Å². The molecule has 1 amide bonds. The highest BCUT2D eigenvalue weighted by molar-refractivity contribution is 5.92. The number of hydrogen-bond donors (Lipinski definition) is 1. The maximum Gasteiger partial charge on any atom is 0.269 e. The lowest BCUT2D eigenvalue weighted by atomic mass is 10.1. The van der Waals surface area contributed by atoms with E-state index in [4.69, 9.17) is 0 Å². The van der Waals surface area contributed by atoms with Crippen molar-refractivity contribution < 1.29 is 4.79 Å². The van der Waals surface area contributed by atoms with Gasteiger partial charge in [0.05, 0.1) is 0 Å². The lowest BCUT2D eigenvalue weighted by molar-refractivity contribution is 0.0958. The van der Waals surface area contributed by atoms with Crippen LogP contribution in [0.25, 0.3) is 0 Å².